The Bertz CT molecular complexity index is 506. The maximum absolute atomic E-state index is 12.1. The molecule has 1 atom stereocenters. The summed E-state index contributed by atoms with van der Waals surface area (Å²) in [5.41, 5.74) is 0.483. The molecule has 116 valence electrons. The molecule has 0 aliphatic carbocycles. The zero-order chi connectivity index (χ0) is 15.8. The summed E-state index contributed by atoms with van der Waals surface area (Å²) in [6, 6.07) is 5.32. The number of amides is 2. The molecule has 0 saturated carbocycles. The molecule has 0 aliphatic rings. The summed E-state index contributed by atoms with van der Waals surface area (Å²) in [6.07, 6.45) is 1.15. The van der Waals surface area contributed by atoms with E-state index >= 15 is 0 Å². The fourth-order valence-corrected chi connectivity index (χ4v) is 2.07. The number of ether oxygens (including phenoxy) is 1. The Hall–Kier alpha value is -1.56. The van der Waals surface area contributed by atoms with Gasteiger partial charge in [0.15, 0.2) is 0 Å². The lowest BCUT2D eigenvalue weighted by molar-refractivity contribution is -0.121. The second kappa shape index (κ2) is 8.67. The zero-order valence-corrected chi connectivity index (χ0v) is 14.1. The number of rotatable bonds is 7. The Labute approximate surface area is 133 Å². The van der Waals surface area contributed by atoms with E-state index in [0.29, 0.717) is 22.3 Å². The van der Waals surface area contributed by atoms with Crippen molar-refractivity contribution in [1.82, 2.24) is 10.6 Å². The molecule has 0 heterocycles. The smallest absolute Gasteiger partial charge is 0.252 e. The van der Waals surface area contributed by atoms with Crippen LogP contribution in [-0.4, -0.2) is 31.5 Å². The fraction of sp³-hybridized carbons (Fsp3) is 0.467. The van der Waals surface area contributed by atoms with Crippen molar-refractivity contribution in [2.24, 2.45) is 0 Å². The van der Waals surface area contributed by atoms with Crippen LogP contribution in [0.1, 0.15) is 37.0 Å². The number of carbonyl (C=O) groups excluding carboxylic acids is 2. The van der Waals surface area contributed by atoms with E-state index in [1.165, 1.54) is 0 Å². The van der Waals surface area contributed by atoms with Gasteiger partial charge in [-0.05, 0) is 47.5 Å². The Balaban J connectivity index is 2.49. The van der Waals surface area contributed by atoms with Gasteiger partial charge in [0.2, 0.25) is 5.91 Å². The molecule has 0 spiro atoms. The predicted molar refractivity (Wildman–Crippen MR) is 85.5 cm³/mol. The minimum atomic E-state index is -0.239. The molecule has 0 fully saturated rings. The average Bonchev–Trinajstić information content (AvgIpc) is 2.47. The SMILES string of the molecule is CCC(C)NC(=O)CCNC(=O)c1cc(OC)ccc1Br. The summed E-state index contributed by atoms with van der Waals surface area (Å²) < 4.78 is 5.78. The highest BCUT2D eigenvalue weighted by atomic mass is 79.9. The van der Waals surface area contributed by atoms with E-state index in [1.807, 2.05) is 13.8 Å². The fourth-order valence-electron chi connectivity index (χ4n) is 1.64. The Kier molecular flexibility index (Phi) is 7.22. The topological polar surface area (TPSA) is 67.4 Å². The summed E-state index contributed by atoms with van der Waals surface area (Å²) in [5.74, 6) is 0.310. The van der Waals surface area contributed by atoms with Crippen molar-refractivity contribution < 1.29 is 14.3 Å². The second-order valence-corrected chi connectivity index (χ2v) is 5.58. The molecule has 5 nitrogen and oxygen atoms in total. The van der Waals surface area contributed by atoms with Gasteiger partial charge in [-0.15, -0.1) is 0 Å². The predicted octanol–water partition coefficient (Wildman–Crippen LogP) is 2.49. The zero-order valence-electron chi connectivity index (χ0n) is 12.5. The molecule has 2 N–H and O–H groups in total. The van der Waals surface area contributed by atoms with Crippen molar-refractivity contribution in [2.45, 2.75) is 32.7 Å². The molecular weight excluding hydrogens is 336 g/mol. The van der Waals surface area contributed by atoms with Gasteiger partial charge in [0.05, 0.1) is 12.7 Å². The largest absolute Gasteiger partial charge is 0.497 e. The molecule has 21 heavy (non-hydrogen) atoms. The number of nitrogens with one attached hydrogen (secondary N) is 2. The van der Waals surface area contributed by atoms with Crippen LogP contribution in [0, 0.1) is 0 Å². The molecule has 0 bridgehead atoms. The second-order valence-electron chi connectivity index (χ2n) is 4.73. The van der Waals surface area contributed by atoms with Crippen molar-refractivity contribution in [3.05, 3.63) is 28.2 Å². The quantitative estimate of drug-likeness (QED) is 0.788. The highest BCUT2D eigenvalue weighted by Crippen LogP contribution is 2.22. The van der Waals surface area contributed by atoms with Gasteiger partial charge in [-0.25, -0.2) is 0 Å². The molecular formula is C15H21BrN2O3. The molecule has 1 unspecified atom stereocenters. The van der Waals surface area contributed by atoms with Crippen LogP contribution in [0.25, 0.3) is 0 Å². The number of halogens is 1. The van der Waals surface area contributed by atoms with Crippen LogP contribution in [-0.2, 0) is 4.79 Å². The molecule has 1 aromatic carbocycles. The minimum Gasteiger partial charge on any atom is -0.497 e. The van der Waals surface area contributed by atoms with E-state index in [-0.39, 0.29) is 24.3 Å². The first-order valence-corrected chi connectivity index (χ1v) is 7.68. The summed E-state index contributed by atoms with van der Waals surface area (Å²) >= 11 is 3.33. The first-order chi connectivity index (χ1) is 9.97. The third-order valence-corrected chi connectivity index (χ3v) is 3.77. The van der Waals surface area contributed by atoms with Crippen LogP contribution in [0.3, 0.4) is 0 Å². The number of carbonyl (C=O) groups is 2. The average molecular weight is 357 g/mol. The van der Waals surface area contributed by atoms with Crippen LogP contribution in [0.5, 0.6) is 5.75 Å². The van der Waals surface area contributed by atoms with E-state index in [9.17, 15) is 9.59 Å². The minimum absolute atomic E-state index is 0.0608. The summed E-state index contributed by atoms with van der Waals surface area (Å²) in [4.78, 5) is 23.7. The Morgan fingerprint density at radius 2 is 2.10 bits per heavy atom. The summed E-state index contributed by atoms with van der Waals surface area (Å²) in [7, 11) is 1.55. The third kappa shape index (κ3) is 5.75. The van der Waals surface area contributed by atoms with Gasteiger partial charge in [-0.1, -0.05) is 6.92 Å². The van der Waals surface area contributed by atoms with Crippen molar-refractivity contribution in [3.63, 3.8) is 0 Å². The number of hydrogen-bond acceptors (Lipinski definition) is 3. The maximum Gasteiger partial charge on any atom is 0.252 e. The molecule has 0 saturated heterocycles. The Morgan fingerprint density at radius 1 is 1.38 bits per heavy atom. The summed E-state index contributed by atoms with van der Waals surface area (Å²) in [5, 5.41) is 5.58. The molecule has 0 radical (unpaired) electrons. The van der Waals surface area contributed by atoms with Crippen molar-refractivity contribution in [2.75, 3.05) is 13.7 Å². The number of methoxy groups -OCH3 is 1. The van der Waals surface area contributed by atoms with Crippen LogP contribution in [0.15, 0.2) is 22.7 Å². The van der Waals surface area contributed by atoms with E-state index in [1.54, 1.807) is 25.3 Å². The van der Waals surface area contributed by atoms with E-state index in [4.69, 9.17) is 4.74 Å². The highest BCUT2D eigenvalue weighted by molar-refractivity contribution is 9.10. The van der Waals surface area contributed by atoms with E-state index in [2.05, 4.69) is 26.6 Å². The lowest BCUT2D eigenvalue weighted by Crippen LogP contribution is -2.35. The lowest BCUT2D eigenvalue weighted by Gasteiger charge is -2.12. The van der Waals surface area contributed by atoms with Gasteiger partial charge in [-0.2, -0.15) is 0 Å². The first kappa shape index (κ1) is 17.5. The molecule has 1 aromatic rings. The molecule has 2 amide bonds. The maximum atomic E-state index is 12.1. The van der Waals surface area contributed by atoms with E-state index < -0.39 is 0 Å². The third-order valence-electron chi connectivity index (χ3n) is 3.08. The van der Waals surface area contributed by atoms with Crippen LogP contribution >= 0.6 is 15.9 Å². The van der Waals surface area contributed by atoms with Crippen LogP contribution in [0.2, 0.25) is 0 Å². The number of hydrogen-bond donors (Lipinski definition) is 2. The van der Waals surface area contributed by atoms with Gasteiger partial charge < -0.3 is 15.4 Å². The van der Waals surface area contributed by atoms with Gasteiger partial charge >= 0.3 is 0 Å². The van der Waals surface area contributed by atoms with E-state index in [0.717, 1.165) is 6.42 Å². The van der Waals surface area contributed by atoms with Crippen molar-refractivity contribution >= 4 is 27.7 Å². The highest BCUT2D eigenvalue weighted by Gasteiger charge is 2.12. The molecule has 1 rings (SSSR count). The molecule has 6 heteroatoms. The van der Waals surface area contributed by atoms with Crippen molar-refractivity contribution in [1.29, 1.82) is 0 Å². The summed E-state index contributed by atoms with van der Waals surface area (Å²) in [6.45, 7) is 4.25. The number of benzene rings is 1. The van der Waals surface area contributed by atoms with Crippen LogP contribution in [0.4, 0.5) is 0 Å². The molecule has 0 aromatic heterocycles. The normalized spacial score (nSPS) is 11.6. The lowest BCUT2D eigenvalue weighted by atomic mass is 10.2. The van der Waals surface area contributed by atoms with Gasteiger partial charge in [0.1, 0.15) is 5.75 Å². The van der Waals surface area contributed by atoms with Gasteiger partial charge in [0.25, 0.3) is 5.91 Å². The monoisotopic (exact) mass is 356 g/mol. The Morgan fingerprint density at radius 3 is 2.71 bits per heavy atom. The standard InChI is InChI=1S/C15H21BrN2O3/c1-4-10(2)18-14(19)7-8-17-15(20)12-9-11(21-3)5-6-13(12)16/h5-6,9-10H,4,7-8H2,1-3H3,(H,17,20)(H,18,19). The van der Waals surface area contributed by atoms with Gasteiger partial charge in [0, 0.05) is 23.5 Å². The van der Waals surface area contributed by atoms with Crippen LogP contribution < -0.4 is 15.4 Å². The van der Waals surface area contributed by atoms with Crippen molar-refractivity contribution in [3.8, 4) is 5.75 Å². The van der Waals surface area contributed by atoms with Gasteiger partial charge in [-0.3, -0.25) is 9.59 Å². The molecule has 0 aliphatic heterocycles. The first-order valence-electron chi connectivity index (χ1n) is 6.89.